The third-order valence-electron chi connectivity index (χ3n) is 5.49. The number of Topliss-reactive ketones (excluding diaryl/α,β-unsaturated/α-hetero) is 1. The molecule has 0 saturated heterocycles. The van der Waals surface area contributed by atoms with Crippen LogP contribution in [0.5, 0.6) is 0 Å². The van der Waals surface area contributed by atoms with E-state index in [4.69, 9.17) is 11.6 Å². The maximum absolute atomic E-state index is 13.0. The number of carbonyl (C=O) groups excluding carboxylic acids is 1. The second-order valence-electron chi connectivity index (χ2n) is 7.22. The number of aliphatic hydroxyl groups excluding tert-OH is 1. The molecule has 4 rings (SSSR count). The van der Waals surface area contributed by atoms with Crippen LogP contribution >= 0.6 is 11.6 Å². The highest BCUT2D eigenvalue weighted by molar-refractivity contribution is 6.31. The highest BCUT2D eigenvalue weighted by Crippen LogP contribution is 2.38. The van der Waals surface area contributed by atoms with E-state index in [9.17, 15) is 9.90 Å². The molecule has 26 heavy (non-hydrogen) atoms. The number of aliphatic hydroxyl groups is 1. The van der Waals surface area contributed by atoms with Crippen LogP contribution < -0.4 is 0 Å². The summed E-state index contributed by atoms with van der Waals surface area (Å²) in [5.41, 5.74) is 3.36. The molecule has 0 radical (unpaired) electrons. The van der Waals surface area contributed by atoms with Crippen molar-refractivity contribution in [1.82, 2.24) is 9.78 Å². The maximum Gasteiger partial charge on any atom is 0.166 e. The second-order valence-corrected chi connectivity index (χ2v) is 7.66. The number of fused-ring (bicyclic) bond motifs is 2. The molecule has 2 aromatic carbocycles. The van der Waals surface area contributed by atoms with E-state index < -0.39 is 6.10 Å². The molecule has 1 heterocycles. The van der Waals surface area contributed by atoms with Gasteiger partial charge in [0.15, 0.2) is 5.78 Å². The normalized spacial score (nSPS) is 21.0. The van der Waals surface area contributed by atoms with Gasteiger partial charge in [-0.2, -0.15) is 5.10 Å². The van der Waals surface area contributed by atoms with Crippen molar-refractivity contribution in [2.45, 2.75) is 25.9 Å². The third-order valence-corrected chi connectivity index (χ3v) is 5.73. The Labute approximate surface area is 157 Å². The number of hydrogen-bond donors (Lipinski definition) is 1. The van der Waals surface area contributed by atoms with Crippen LogP contribution in [0.25, 0.3) is 10.9 Å². The summed E-state index contributed by atoms with van der Waals surface area (Å²) in [7, 11) is 1.91. The number of nitrogens with zero attached hydrogens (tertiary/aromatic N) is 2. The molecule has 3 atom stereocenters. The summed E-state index contributed by atoms with van der Waals surface area (Å²) >= 11 is 6.16. The average Bonchev–Trinajstić information content (AvgIpc) is 2.93. The van der Waals surface area contributed by atoms with Crippen molar-refractivity contribution in [3.63, 3.8) is 0 Å². The number of carbonyl (C=O) groups is 1. The average molecular weight is 369 g/mol. The first kappa shape index (κ1) is 17.3. The second kappa shape index (κ2) is 6.53. The number of rotatable bonds is 3. The van der Waals surface area contributed by atoms with E-state index in [1.165, 1.54) is 0 Å². The van der Waals surface area contributed by atoms with Crippen LogP contribution in [0.2, 0.25) is 5.02 Å². The Kier molecular flexibility index (Phi) is 4.33. The van der Waals surface area contributed by atoms with Gasteiger partial charge in [0.05, 0.1) is 17.3 Å². The molecule has 5 heteroatoms. The summed E-state index contributed by atoms with van der Waals surface area (Å²) in [6, 6.07) is 13.1. The number of aryl methyl sites for hydroxylation is 1. The fourth-order valence-corrected chi connectivity index (χ4v) is 4.26. The molecule has 1 N–H and O–H groups in total. The zero-order valence-electron chi connectivity index (χ0n) is 14.8. The van der Waals surface area contributed by atoms with Crippen LogP contribution in [0, 0.1) is 11.8 Å². The fraction of sp³-hybridized carbons (Fsp3) is 0.333. The van der Waals surface area contributed by atoms with Gasteiger partial charge in [-0.1, -0.05) is 42.8 Å². The first-order valence-electron chi connectivity index (χ1n) is 8.88. The SMILES string of the molecule is CC(Cc1nn(C)c2ccc(Cl)cc12)C1CC(O)c2ccccc2C1=O. The summed E-state index contributed by atoms with van der Waals surface area (Å²) < 4.78 is 1.85. The molecule has 3 aromatic rings. The van der Waals surface area contributed by atoms with E-state index in [-0.39, 0.29) is 17.6 Å². The van der Waals surface area contributed by atoms with E-state index in [2.05, 4.69) is 12.0 Å². The lowest BCUT2D eigenvalue weighted by Gasteiger charge is -2.31. The van der Waals surface area contributed by atoms with Crippen molar-refractivity contribution in [3.05, 3.63) is 64.3 Å². The zero-order chi connectivity index (χ0) is 18.4. The summed E-state index contributed by atoms with van der Waals surface area (Å²) in [6.45, 7) is 2.06. The summed E-state index contributed by atoms with van der Waals surface area (Å²) in [4.78, 5) is 13.0. The molecule has 4 nitrogen and oxygen atoms in total. The Morgan fingerprint density at radius 3 is 2.88 bits per heavy atom. The van der Waals surface area contributed by atoms with E-state index in [0.29, 0.717) is 23.4 Å². The van der Waals surface area contributed by atoms with Crippen molar-refractivity contribution >= 4 is 28.3 Å². The van der Waals surface area contributed by atoms with E-state index >= 15 is 0 Å². The Morgan fingerprint density at radius 2 is 2.08 bits per heavy atom. The lowest BCUT2D eigenvalue weighted by molar-refractivity contribution is 0.0696. The molecule has 0 fully saturated rings. The van der Waals surface area contributed by atoms with Gasteiger partial charge in [0.25, 0.3) is 0 Å². The Morgan fingerprint density at radius 1 is 1.31 bits per heavy atom. The van der Waals surface area contributed by atoms with E-state index in [1.807, 2.05) is 54.2 Å². The number of benzene rings is 2. The van der Waals surface area contributed by atoms with Crippen LogP contribution in [0.4, 0.5) is 0 Å². The Balaban J connectivity index is 1.64. The van der Waals surface area contributed by atoms with Crippen LogP contribution in [-0.4, -0.2) is 20.7 Å². The summed E-state index contributed by atoms with van der Waals surface area (Å²) in [5.74, 6) is -0.0182. The summed E-state index contributed by atoms with van der Waals surface area (Å²) in [6.07, 6.45) is 0.539. The minimum atomic E-state index is -0.591. The van der Waals surface area contributed by atoms with Crippen molar-refractivity contribution in [2.75, 3.05) is 0 Å². The van der Waals surface area contributed by atoms with Crippen LogP contribution in [0.1, 0.15) is 41.1 Å². The molecule has 3 unspecified atom stereocenters. The van der Waals surface area contributed by atoms with Crippen molar-refractivity contribution in [1.29, 1.82) is 0 Å². The van der Waals surface area contributed by atoms with Gasteiger partial charge in [-0.05, 0) is 42.5 Å². The fourth-order valence-electron chi connectivity index (χ4n) is 4.09. The largest absolute Gasteiger partial charge is 0.388 e. The standard InChI is InChI=1S/C21H21ClN2O2/c1-12(9-18-17-10-13(22)7-8-19(17)24(2)23-18)16-11-20(25)14-5-3-4-6-15(14)21(16)26/h3-8,10,12,16,20,25H,9,11H2,1-2H3. The number of halogens is 1. The van der Waals surface area contributed by atoms with E-state index in [1.54, 1.807) is 0 Å². The summed E-state index contributed by atoms with van der Waals surface area (Å²) in [5, 5.41) is 16.8. The number of aromatic nitrogens is 2. The third kappa shape index (κ3) is 2.83. The first-order valence-corrected chi connectivity index (χ1v) is 9.26. The van der Waals surface area contributed by atoms with Crippen LogP contribution in [0.3, 0.4) is 0 Å². The molecule has 0 bridgehead atoms. The Hall–Kier alpha value is -2.17. The van der Waals surface area contributed by atoms with Crippen molar-refractivity contribution in [2.24, 2.45) is 18.9 Å². The lowest BCUT2D eigenvalue weighted by Crippen LogP contribution is -2.31. The van der Waals surface area contributed by atoms with Gasteiger partial charge in [-0.25, -0.2) is 0 Å². The maximum atomic E-state index is 13.0. The zero-order valence-corrected chi connectivity index (χ0v) is 15.6. The molecule has 134 valence electrons. The molecule has 1 aliphatic rings. The van der Waals surface area contributed by atoms with E-state index in [0.717, 1.165) is 22.2 Å². The monoisotopic (exact) mass is 368 g/mol. The number of ketones is 1. The molecule has 1 aliphatic carbocycles. The molecule has 0 amide bonds. The molecule has 1 aromatic heterocycles. The highest BCUT2D eigenvalue weighted by atomic mass is 35.5. The van der Waals surface area contributed by atoms with Gasteiger partial charge in [-0.15, -0.1) is 0 Å². The molecule has 0 aliphatic heterocycles. The van der Waals surface area contributed by atoms with Gasteiger partial charge >= 0.3 is 0 Å². The van der Waals surface area contributed by atoms with Gasteiger partial charge in [0, 0.05) is 28.9 Å². The van der Waals surface area contributed by atoms with Crippen molar-refractivity contribution < 1.29 is 9.90 Å². The Bertz CT molecular complexity index is 995. The van der Waals surface area contributed by atoms with Gasteiger partial charge < -0.3 is 5.11 Å². The van der Waals surface area contributed by atoms with Gasteiger partial charge in [0.2, 0.25) is 0 Å². The predicted molar refractivity (Wildman–Crippen MR) is 102 cm³/mol. The van der Waals surface area contributed by atoms with Crippen LogP contribution in [-0.2, 0) is 13.5 Å². The first-order chi connectivity index (χ1) is 12.5. The van der Waals surface area contributed by atoms with Gasteiger partial charge in [0.1, 0.15) is 0 Å². The topological polar surface area (TPSA) is 55.1 Å². The predicted octanol–water partition coefficient (Wildman–Crippen LogP) is 4.34. The van der Waals surface area contributed by atoms with Crippen LogP contribution in [0.15, 0.2) is 42.5 Å². The van der Waals surface area contributed by atoms with Crippen molar-refractivity contribution in [3.8, 4) is 0 Å². The molecular formula is C21H21ClN2O2. The van der Waals surface area contributed by atoms with Gasteiger partial charge in [-0.3, -0.25) is 9.48 Å². The number of hydrogen-bond acceptors (Lipinski definition) is 3. The molecular weight excluding hydrogens is 348 g/mol. The molecule has 0 spiro atoms. The highest BCUT2D eigenvalue weighted by Gasteiger charge is 2.36. The minimum Gasteiger partial charge on any atom is -0.388 e. The lowest BCUT2D eigenvalue weighted by atomic mass is 9.74. The minimum absolute atomic E-state index is 0.0718. The molecule has 0 saturated carbocycles. The smallest absolute Gasteiger partial charge is 0.166 e. The quantitative estimate of drug-likeness (QED) is 0.748.